The third-order valence-electron chi connectivity index (χ3n) is 3.60. The van der Waals surface area contributed by atoms with Crippen LogP contribution in [-0.4, -0.2) is 32.5 Å². The normalized spacial score (nSPS) is 25.2. The zero-order valence-electron chi connectivity index (χ0n) is 11.8. The maximum Gasteiger partial charge on any atom is 0.334 e. The lowest BCUT2D eigenvalue weighted by Gasteiger charge is -2.13. The molecule has 0 bridgehead atoms. The van der Waals surface area contributed by atoms with Gasteiger partial charge in [-0.05, 0) is 12.5 Å². The molecule has 0 radical (unpaired) electrons. The van der Waals surface area contributed by atoms with E-state index in [1.807, 2.05) is 30.3 Å². The van der Waals surface area contributed by atoms with Crippen LogP contribution in [0.1, 0.15) is 18.4 Å². The average Bonchev–Trinajstić information content (AvgIpc) is 3.24. The second kappa shape index (κ2) is 6.08. The monoisotopic (exact) mass is 298 g/mol. The maximum absolute atomic E-state index is 12.6. The van der Waals surface area contributed by atoms with Crippen molar-refractivity contribution in [3.8, 4) is 0 Å². The molecular formula is C14H19O5P. The predicted molar refractivity (Wildman–Crippen MR) is 74.7 cm³/mol. The molecule has 1 aromatic carbocycles. The summed E-state index contributed by atoms with van der Waals surface area (Å²) in [6.07, 6.45) is 0. The minimum Gasteiger partial charge on any atom is -0.466 e. The lowest BCUT2D eigenvalue weighted by atomic mass is 10.1. The molecule has 0 heterocycles. The summed E-state index contributed by atoms with van der Waals surface area (Å²) in [6, 6.07) is 9.49. The standard InChI is InChI=1S/C14H19O5P/c1-4-19-14(15)12-11(10-8-6-5-7-9-10)13(12)20(16,17-2)18-3/h5-9,11-13H,4H2,1-3H3/t11-,12-,13-/m1/s1. The maximum atomic E-state index is 12.6. The highest BCUT2D eigenvalue weighted by Gasteiger charge is 2.66. The van der Waals surface area contributed by atoms with Gasteiger partial charge in [0, 0.05) is 20.1 Å². The molecule has 0 unspecified atom stereocenters. The second-order valence-corrected chi connectivity index (χ2v) is 7.02. The van der Waals surface area contributed by atoms with Crippen molar-refractivity contribution in [3.05, 3.63) is 35.9 Å². The zero-order chi connectivity index (χ0) is 14.8. The molecule has 3 atom stereocenters. The van der Waals surface area contributed by atoms with Crippen LogP contribution in [0.4, 0.5) is 0 Å². The van der Waals surface area contributed by atoms with Crippen molar-refractivity contribution < 1.29 is 23.1 Å². The Bertz CT molecular complexity index is 508. The van der Waals surface area contributed by atoms with E-state index in [2.05, 4.69) is 0 Å². The van der Waals surface area contributed by atoms with E-state index in [1.54, 1.807) is 6.92 Å². The van der Waals surface area contributed by atoms with Gasteiger partial charge in [-0.25, -0.2) is 0 Å². The highest BCUT2D eigenvalue weighted by atomic mass is 31.2. The smallest absolute Gasteiger partial charge is 0.334 e. The fourth-order valence-electron chi connectivity index (χ4n) is 2.61. The van der Waals surface area contributed by atoms with Crippen molar-refractivity contribution in [2.24, 2.45) is 5.92 Å². The van der Waals surface area contributed by atoms with E-state index in [9.17, 15) is 9.36 Å². The molecule has 1 aliphatic carbocycles. The van der Waals surface area contributed by atoms with Crippen molar-refractivity contribution in [1.29, 1.82) is 0 Å². The molecule has 0 spiro atoms. The van der Waals surface area contributed by atoms with Crippen LogP contribution in [-0.2, 0) is 23.1 Å². The number of ether oxygens (including phenoxy) is 1. The van der Waals surface area contributed by atoms with E-state index in [-0.39, 0.29) is 11.9 Å². The molecule has 1 saturated carbocycles. The van der Waals surface area contributed by atoms with Gasteiger partial charge < -0.3 is 13.8 Å². The lowest BCUT2D eigenvalue weighted by molar-refractivity contribution is -0.144. The van der Waals surface area contributed by atoms with Crippen molar-refractivity contribution in [2.75, 3.05) is 20.8 Å². The summed E-state index contributed by atoms with van der Waals surface area (Å²) in [5.74, 6) is -0.996. The molecule has 20 heavy (non-hydrogen) atoms. The minimum atomic E-state index is -3.30. The summed E-state index contributed by atoms with van der Waals surface area (Å²) < 4.78 is 27.7. The Morgan fingerprint density at radius 1 is 1.20 bits per heavy atom. The van der Waals surface area contributed by atoms with Gasteiger partial charge in [0.2, 0.25) is 0 Å². The van der Waals surface area contributed by atoms with Gasteiger partial charge in [-0.15, -0.1) is 0 Å². The van der Waals surface area contributed by atoms with E-state index >= 15 is 0 Å². The van der Waals surface area contributed by atoms with Crippen molar-refractivity contribution in [3.63, 3.8) is 0 Å². The minimum absolute atomic E-state index is 0.180. The Labute approximate surface area is 118 Å². The van der Waals surface area contributed by atoms with Crippen LogP contribution in [0.2, 0.25) is 0 Å². The third kappa shape index (κ3) is 2.66. The fraction of sp³-hybridized carbons (Fsp3) is 0.500. The van der Waals surface area contributed by atoms with Crippen LogP contribution in [0.15, 0.2) is 30.3 Å². The predicted octanol–water partition coefficient (Wildman–Crippen LogP) is 2.82. The molecule has 2 rings (SSSR count). The molecule has 110 valence electrons. The first-order valence-electron chi connectivity index (χ1n) is 6.51. The third-order valence-corrected chi connectivity index (χ3v) is 5.99. The first-order valence-corrected chi connectivity index (χ1v) is 8.13. The van der Waals surface area contributed by atoms with E-state index < -0.39 is 19.2 Å². The molecule has 1 fully saturated rings. The molecular weight excluding hydrogens is 279 g/mol. The number of benzene rings is 1. The second-order valence-electron chi connectivity index (χ2n) is 4.61. The van der Waals surface area contributed by atoms with E-state index in [4.69, 9.17) is 13.8 Å². The summed E-state index contributed by atoms with van der Waals surface area (Å²) in [5, 5.41) is 0. The Balaban J connectivity index is 2.29. The van der Waals surface area contributed by atoms with Crippen LogP contribution in [0.3, 0.4) is 0 Å². The number of carbonyl (C=O) groups excluding carboxylic acids is 1. The Hall–Kier alpha value is -1.16. The SMILES string of the molecule is CCOC(=O)[C@@H]1[C@@H](c2ccccc2)[C@H]1P(=O)(OC)OC. The van der Waals surface area contributed by atoms with Crippen molar-refractivity contribution >= 4 is 13.6 Å². The van der Waals surface area contributed by atoms with Gasteiger partial charge >= 0.3 is 13.6 Å². The van der Waals surface area contributed by atoms with Gasteiger partial charge in [-0.1, -0.05) is 30.3 Å². The number of hydrogen-bond donors (Lipinski definition) is 0. The van der Waals surface area contributed by atoms with E-state index in [1.165, 1.54) is 14.2 Å². The summed E-state index contributed by atoms with van der Waals surface area (Å²) in [6.45, 7) is 2.05. The Morgan fingerprint density at radius 2 is 1.80 bits per heavy atom. The van der Waals surface area contributed by atoms with Gasteiger partial charge in [0.25, 0.3) is 0 Å². The van der Waals surface area contributed by atoms with Gasteiger partial charge in [0.15, 0.2) is 0 Å². The summed E-state index contributed by atoms with van der Waals surface area (Å²) >= 11 is 0. The fourth-order valence-corrected chi connectivity index (χ4v) is 4.60. The first-order chi connectivity index (χ1) is 9.59. The van der Waals surface area contributed by atoms with Crippen molar-refractivity contribution in [1.82, 2.24) is 0 Å². The number of rotatable bonds is 6. The molecule has 1 aromatic rings. The van der Waals surface area contributed by atoms with E-state index in [0.29, 0.717) is 6.61 Å². The van der Waals surface area contributed by atoms with Crippen LogP contribution in [0, 0.1) is 5.92 Å². The van der Waals surface area contributed by atoms with Gasteiger partial charge in [0.1, 0.15) is 0 Å². The van der Waals surface area contributed by atoms with Crippen LogP contribution < -0.4 is 0 Å². The molecule has 0 aliphatic heterocycles. The summed E-state index contributed by atoms with van der Waals surface area (Å²) in [4.78, 5) is 12.0. The van der Waals surface area contributed by atoms with Crippen molar-refractivity contribution in [2.45, 2.75) is 18.5 Å². The van der Waals surface area contributed by atoms with Gasteiger partial charge in [-0.3, -0.25) is 9.36 Å². The number of hydrogen-bond acceptors (Lipinski definition) is 5. The Morgan fingerprint density at radius 3 is 2.30 bits per heavy atom. The highest BCUT2D eigenvalue weighted by molar-refractivity contribution is 7.55. The molecule has 0 saturated heterocycles. The van der Waals surface area contributed by atoms with Crippen LogP contribution >= 0.6 is 7.60 Å². The highest BCUT2D eigenvalue weighted by Crippen LogP contribution is 2.71. The van der Waals surface area contributed by atoms with Gasteiger partial charge in [0.05, 0.1) is 18.2 Å². The average molecular weight is 298 g/mol. The summed E-state index contributed by atoms with van der Waals surface area (Å²) in [7, 11) is -0.618. The largest absolute Gasteiger partial charge is 0.466 e. The Kier molecular flexibility index (Phi) is 4.63. The first kappa shape index (κ1) is 15.2. The topological polar surface area (TPSA) is 61.8 Å². The molecule has 5 nitrogen and oxygen atoms in total. The van der Waals surface area contributed by atoms with Crippen LogP contribution in [0.5, 0.6) is 0 Å². The zero-order valence-corrected chi connectivity index (χ0v) is 12.7. The molecule has 0 amide bonds. The molecule has 1 aliphatic rings. The van der Waals surface area contributed by atoms with Gasteiger partial charge in [-0.2, -0.15) is 0 Å². The molecule has 6 heteroatoms. The number of carbonyl (C=O) groups is 1. The molecule has 0 N–H and O–H groups in total. The molecule has 0 aromatic heterocycles. The summed E-state index contributed by atoms with van der Waals surface area (Å²) in [5.41, 5.74) is 0.476. The van der Waals surface area contributed by atoms with Crippen LogP contribution in [0.25, 0.3) is 0 Å². The lowest BCUT2D eigenvalue weighted by Crippen LogP contribution is -2.10. The number of esters is 1. The van der Waals surface area contributed by atoms with E-state index in [0.717, 1.165) is 5.56 Å². The quantitative estimate of drug-likeness (QED) is 0.597.